The number of ether oxygens (including phenoxy) is 1. The lowest BCUT2D eigenvalue weighted by atomic mass is 10.0. The molecule has 0 spiro atoms. The molecule has 2 N–H and O–H groups in total. The molecule has 0 fully saturated rings. The number of benzene rings is 2. The van der Waals surface area contributed by atoms with Gasteiger partial charge in [-0.25, -0.2) is 4.39 Å². The number of carbonyl (C=O) groups is 1. The Labute approximate surface area is 118 Å². The van der Waals surface area contributed by atoms with E-state index in [2.05, 4.69) is 15.9 Å². The van der Waals surface area contributed by atoms with Crippen LogP contribution in [0.3, 0.4) is 0 Å². The van der Waals surface area contributed by atoms with Crippen molar-refractivity contribution in [3.05, 3.63) is 57.8 Å². The molecule has 2 aromatic rings. The van der Waals surface area contributed by atoms with Crippen molar-refractivity contribution in [2.75, 3.05) is 12.8 Å². The summed E-state index contributed by atoms with van der Waals surface area (Å²) in [5.41, 5.74) is 6.22. The monoisotopic (exact) mass is 323 g/mol. The minimum atomic E-state index is -0.595. The highest BCUT2D eigenvalue weighted by molar-refractivity contribution is 9.10. The van der Waals surface area contributed by atoms with Crippen LogP contribution in [0.15, 0.2) is 40.9 Å². The fourth-order valence-corrected chi connectivity index (χ4v) is 2.21. The van der Waals surface area contributed by atoms with Gasteiger partial charge >= 0.3 is 0 Å². The molecule has 0 aromatic heterocycles. The molecule has 0 atom stereocenters. The van der Waals surface area contributed by atoms with Crippen LogP contribution in [-0.2, 0) is 0 Å². The van der Waals surface area contributed by atoms with E-state index in [-0.39, 0.29) is 5.56 Å². The first-order valence-corrected chi connectivity index (χ1v) is 6.25. The van der Waals surface area contributed by atoms with E-state index in [4.69, 9.17) is 10.5 Å². The van der Waals surface area contributed by atoms with Gasteiger partial charge in [-0.3, -0.25) is 4.79 Å². The molecule has 0 bridgehead atoms. The first-order valence-electron chi connectivity index (χ1n) is 5.46. The van der Waals surface area contributed by atoms with E-state index in [1.807, 2.05) is 0 Å². The SMILES string of the molecule is COc1ccc(C(=O)c2cc(N)ccc2F)c(Br)c1. The second-order valence-corrected chi connectivity index (χ2v) is 4.77. The lowest BCUT2D eigenvalue weighted by Gasteiger charge is -2.07. The number of nitrogens with two attached hydrogens (primary N) is 1. The summed E-state index contributed by atoms with van der Waals surface area (Å²) in [6, 6.07) is 8.79. The van der Waals surface area contributed by atoms with Crippen molar-refractivity contribution in [3.63, 3.8) is 0 Å². The third kappa shape index (κ3) is 2.76. The average Bonchev–Trinajstić information content (AvgIpc) is 2.40. The molecule has 0 aliphatic heterocycles. The van der Waals surface area contributed by atoms with Gasteiger partial charge in [0.25, 0.3) is 0 Å². The van der Waals surface area contributed by atoms with Crippen molar-refractivity contribution in [1.82, 2.24) is 0 Å². The maximum Gasteiger partial charge on any atom is 0.197 e. The van der Waals surface area contributed by atoms with Gasteiger partial charge in [0, 0.05) is 15.7 Å². The minimum absolute atomic E-state index is 0.0501. The van der Waals surface area contributed by atoms with Crippen LogP contribution in [0.25, 0.3) is 0 Å². The zero-order chi connectivity index (χ0) is 14.0. The maximum atomic E-state index is 13.7. The molecule has 5 heteroatoms. The third-order valence-electron chi connectivity index (χ3n) is 2.66. The quantitative estimate of drug-likeness (QED) is 0.695. The van der Waals surface area contributed by atoms with E-state index in [0.29, 0.717) is 21.5 Å². The van der Waals surface area contributed by atoms with Gasteiger partial charge in [0.1, 0.15) is 11.6 Å². The Hall–Kier alpha value is -1.88. The van der Waals surface area contributed by atoms with Crippen molar-refractivity contribution < 1.29 is 13.9 Å². The Morgan fingerprint density at radius 3 is 2.58 bits per heavy atom. The highest BCUT2D eigenvalue weighted by Crippen LogP contribution is 2.26. The molecular weight excluding hydrogens is 313 g/mol. The largest absolute Gasteiger partial charge is 0.497 e. The van der Waals surface area contributed by atoms with Crippen molar-refractivity contribution >= 4 is 27.4 Å². The summed E-state index contributed by atoms with van der Waals surface area (Å²) < 4.78 is 19.2. The van der Waals surface area contributed by atoms with Crippen LogP contribution in [-0.4, -0.2) is 12.9 Å². The molecule has 0 aliphatic rings. The van der Waals surface area contributed by atoms with E-state index < -0.39 is 11.6 Å². The molecule has 2 aromatic carbocycles. The fraction of sp³-hybridized carbons (Fsp3) is 0.0714. The topological polar surface area (TPSA) is 52.3 Å². The first-order chi connectivity index (χ1) is 9.02. The summed E-state index contributed by atoms with van der Waals surface area (Å²) in [5, 5.41) is 0. The number of anilines is 1. The summed E-state index contributed by atoms with van der Waals surface area (Å²) in [6.45, 7) is 0. The second-order valence-electron chi connectivity index (χ2n) is 3.91. The van der Waals surface area contributed by atoms with Crippen LogP contribution in [0.4, 0.5) is 10.1 Å². The molecule has 3 nitrogen and oxygen atoms in total. The zero-order valence-electron chi connectivity index (χ0n) is 10.1. The van der Waals surface area contributed by atoms with Gasteiger partial charge in [-0.15, -0.1) is 0 Å². The first kappa shape index (κ1) is 13.5. The molecule has 98 valence electrons. The predicted molar refractivity (Wildman–Crippen MR) is 74.9 cm³/mol. The van der Waals surface area contributed by atoms with Gasteiger partial charge in [-0.1, -0.05) is 0 Å². The molecule has 0 heterocycles. The van der Waals surface area contributed by atoms with Gasteiger partial charge < -0.3 is 10.5 Å². The van der Waals surface area contributed by atoms with Crippen LogP contribution in [0.1, 0.15) is 15.9 Å². The van der Waals surface area contributed by atoms with Crippen LogP contribution in [0.5, 0.6) is 5.75 Å². The summed E-state index contributed by atoms with van der Waals surface area (Å²) >= 11 is 3.27. The Morgan fingerprint density at radius 2 is 1.95 bits per heavy atom. The Balaban J connectivity index is 2.47. The number of methoxy groups -OCH3 is 1. The number of nitrogen functional groups attached to an aromatic ring is 1. The van der Waals surface area contributed by atoms with Gasteiger partial charge in [0.05, 0.1) is 12.7 Å². The van der Waals surface area contributed by atoms with E-state index >= 15 is 0 Å². The summed E-state index contributed by atoms with van der Waals surface area (Å²) in [5.74, 6) is -0.419. The second kappa shape index (κ2) is 5.40. The van der Waals surface area contributed by atoms with Crippen molar-refractivity contribution in [2.24, 2.45) is 0 Å². The molecule has 2 rings (SSSR count). The van der Waals surface area contributed by atoms with Crippen LogP contribution in [0, 0.1) is 5.82 Å². The summed E-state index contributed by atoms with van der Waals surface area (Å²) in [6.07, 6.45) is 0. The Morgan fingerprint density at radius 1 is 1.21 bits per heavy atom. The van der Waals surface area contributed by atoms with Gasteiger partial charge in [-0.05, 0) is 52.3 Å². The lowest BCUT2D eigenvalue weighted by molar-refractivity contribution is 0.103. The third-order valence-corrected chi connectivity index (χ3v) is 3.31. The number of carbonyl (C=O) groups excluding carboxylic acids is 1. The highest BCUT2D eigenvalue weighted by atomic mass is 79.9. The lowest BCUT2D eigenvalue weighted by Crippen LogP contribution is -2.06. The predicted octanol–water partition coefficient (Wildman–Crippen LogP) is 3.41. The molecule has 19 heavy (non-hydrogen) atoms. The van der Waals surface area contributed by atoms with Crippen molar-refractivity contribution in [3.8, 4) is 5.75 Å². The van der Waals surface area contributed by atoms with Gasteiger partial charge in [-0.2, -0.15) is 0 Å². The molecule has 0 unspecified atom stereocenters. The van der Waals surface area contributed by atoms with Gasteiger partial charge in [0.2, 0.25) is 0 Å². The fourth-order valence-electron chi connectivity index (χ4n) is 1.67. The molecule has 0 saturated carbocycles. The molecule has 0 saturated heterocycles. The highest BCUT2D eigenvalue weighted by Gasteiger charge is 2.17. The van der Waals surface area contributed by atoms with Gasteiger partial charge in [0.15, 0.2) is 5.78 Å². The Kier molecular flexibility index (Phi) is 3.85. The summed E-state index contributed by atoms with van der Waals surface area (Å²) in [4.78, 5) is 12.3. The van der Waals surface area contributed by atoms with Crippen LogP contribution >= 0.6 is 15.9 Å². The maximum absolute atomic E-state index is 13.7. The average molecular weight is 324 g/mol. The van der Waals surface area contributed by atoms with Crippen molar-refractivity contribution in [2.45, 2.75) is 0 Å². The van der Waals surface area contributed by atoms with E-state index in [0.717, 1.165) is 0 Å². The summed E-state index contributed by atoms with van der Waals surface area (Å²) in [7, 11) is 1.53. The van der Waals surface area contributed by atoms with E-state index in [9.17, 15) is 9.18 Å². The molecule has 0 radical (unpaired) electrons. The number of hydrogen-bond donors (Lipinski definition) is 1. The zero-order valence-corrected chi connectivity index (χ0v) is 11.7. The van der Waals surface area contributed by atoms with E-state index in [1.54, 1.807) is 18.2 Å². The number of halogens is 2. The normalized spacial score (nSPS) is 10.3. The number of ketones is 1. The Bertz CT molecular complexity index is 643. The standard InChI is InChI=1S/C14H11BrFNO2/c1-19-9-3-4-10(12(15)7-9)14(18)11-6-8(17)2-5-13(11)16/h2-7H,17H2,1H3. The molecule has 0 amide bonds. The van der Waals surface area contributed by atoms with Crippen LogP contribution < -0.4 is 10.5 Å². The van der Waals surface area contributed by atoms with Crippen LogP contribution in [0.2, 0.25) is 0 Å². The molecular formula is C14H11BrFNO2. The molecule has 0 aliphatic carbocycles. The number of hydrogen-bond acceptors (Lipinski definition) is 3. The van der Waals surface area contributed by atoms with E-state index in [1.165, 1.54) is 25.3 Å². The van der Waals surface area contributed by atoms with Crippen molar-refractivity contribution in [1.29, 1.82) is 0 Å². The smallest absolute Gasteiger partial charge is 0.197 e. The minimum Gasteiger partial charge on any atom is -0.497 e. The number of rotatable bonds is 3.